The number of hydrogen-bond donors (Lipinski definition) is 2. The lowest BCUT2D eigenvalue weighted by atomic mass is 10.2. The minimum absolute atomic E-state index is 0.217. The van der Waals surface area contributed by atoms with Gasteiger partial charge < -0.3 is 24.7 Å². The third kappa shape index (κ3) is 5.26. The quantitative estimate of drug-likeness (QED) is 0.551. The van der Waals surface area contributed by atoms with Crippen LogP contribution >= 0.6 is 0 Å². The molecule has 2 aromatic rings. The van der Waals surface area contributed by atoms with Gasteiger partial charge in [0, 0.05) is 36.2 Å². The molecule has 7 heteroatoms. The lowest BCUT2D eigenvalue weighted by molar-refractivity contribution is 0.0501. The van der Waals surface area contributed by atoms with E-state index >= 15 is 0 Å². The Kier molecular flexibility index (Phi) is 7.28. The van der Waals surface area contributed by atoms with E-state index in [4.69, 9.17) is 9.47 Å². The molecule has 2 rings (SSSR count). The number of hydrogen-bond acceptors (Lipinski definition) is 4. The first-order valence-corrected chi connectivity index (χ1v) is 9.00. The molecular formula is C20H27N3O4. The smallest absolute Gasteiger partial charge is 0.339 e. The van der Waals surface area contributed by atoms with Gasteiger partial charge in [-0.15, -0.1) is 0 Å². The van der Waals surface area contributed by atoms with Crippen molar-refractivity contribution in [2.45, 2.75) is 27.2 Å². The van der Waals surface area contributed by atoms with Gasteiger partial charge >= 0.3 is 12.0 Å². The van der Waals surface area contributed by atoms with Gasteiger partial charge in [-0.25, -0.2) is 9.59 Å². The molecule has 0 bridgehead atoms. The normalized spacial score (nSPS) is 10.4. The highest BCUT2D eigenvalue weighted by molar-refractivity contribution is 5.91. The number of amides is 2. The van der Waals surface area contributed by atoms with Gasteiger partial charge in [-0.05, 0) is 45.4 Å². The number of ether oxygens (including phenoxy) is 2. The van der Waals surface area contributed by atoms with E-state index in [0.29, 0.717) is 25.1 Å². The van der Waals surface area contributed by atoms with Crippen molar-refractivity contribution in [3.05, 3.63) is 47.3 Å². The molecule has 1 aromatic heterocycles. The molecule has 0 aliphatic carbocycles. The average Bonchev–Trinajstić information content (AvgIpc) is 2.96. The number of carbonyl (C=O) groups excluding carboxylic acids is 2. The van der Waals surface area contributed by atoms with Crippen LogP contribution in [0.2, 0.25) is 0 Å². The SMILES string of the molecule is CCNC(=O)NCCCOC(=O)c1cc(C)n(-c2cccc(OC)c2)c1C. The Morgan fingerprint density at radius 3 is 2.63 bits per heavy atom. The molecule has 1 aromatic carbocycles. The summed E-state index contributed by atoms with van der Waals surface area (Å²) in [5, 5.41) is 5.34. The molecule has 27 heavy (non-hydrogen) atoms. The van der Waals surface area contributed by atoms with E-state index in [9.17, 15) is 9.59 Å². The number of rotatable bonds is 8. The van der Waals surface area contributed by atoms with Crippen molar-refractivity contribution in [1.29, 1.82) is 0 Å². The Labute approximate surface area is 159 Å². The van der Waals surface area contributed by atoms with Crippen molar-refractivity contribution in [2.24, 2.45) is 0 Å². The minimum atomic E-state index is -0.366. The highest BCUT2D eigenvalue weighted by atomic mass is 16.5. The Morgan fingerprint density at radius 1 is 1.15 bits per heavy atom. The first kappa shape index (κ1) is 20.4. The van der Waals surface area contributed by atoms with E-state index in [1.807, 2.05) is 55.7 Å². The van der Waals surface area contributed by atoms with Crippen LogP contribution in [0.4, 0.5) is 4.79 Å². The summed E-state index contributed by atoms with van der Waals surface area (Å²) in [6.07, 6.45) is 0.553. The van der Waals surface area contributed by atoms with Gasteiger partial charge in [0.25, 0.3) is 0 Å². The molecule has 0 aliphatic rings. The maximum Gasteiger partial charge on any atom is 0.339 e. The van der Waals surface area contributed by atoms with Gasteiger partial charge in [0.1, 0.15) is 5.75 Å². The summed E-state index contributed by atoms with van der Waals surface area (Å²) in [7, 11) is 1.62. The Hall–Kier alpha value is -2.96. The number of methoxy groups -OCH3 is 1. The standard InChI is InChI=1S/C20H27N3O4/c1-5-21-20(25)22-10-7-11-27-19(24)18-12-14(2)23(15(18)3)16-8-6-9-17(13-16)26-4/h6,8-9,12-13H,5,7,10-11H2,1-4H3,(H2,21,22,25). The van der Waals surface area contributed by atoms with E-state index in [-0.39, 0.29) is 18.6 Å². The van der Waals surface area contributed by atoms with Crippen LogP contribution in [0.1, 0.15) is 35.1 Å². The topological polar surface area (TPSA) is 81.6 Å². The van der Waals surface area contributed by atoms with Crippen LogP contribution in [-0.4, -0.2) is 43.4 Å². The first-order valence-electron chi connectivity index (χ1n) is 9.00. The van der Waals surface area contributed by atoms with Crippen molar-refractivity contribution < 1.29 is 19.1 Å². The fraction of sp³-hybridized carbons (Fsp3) is 0.400. The molecule has 0 fully saturated rings. The zero-order chi connectivity index (χ0) is 19.8. The molecule has 146 valence electrons. The zero-order valence-electron chi connectivity index (χ0n) is 16.3. The summed E-state index contributed by atoms with van der Waals surface area (Å²) in [6.45, 7) is 6.95. The second-order valence-electron chi connectivity index (χ2n) is 6.10. The molecule has 0 radical (unpaired) electrons. The molecule has 0 saturated carbocycles. The van der Waals surface area contributed by atoms with Crippen molar-refractivity contribution >= 4 is 12.0 Å². The second-order valence-corrected chi connectivity index (χ2v) is 6.10. The monoisotopic (exact) mass is 373 g/mol. The van der Waals surface area contributed by atoms with Gasteiger partial charge in [-0.1, -0.05) is 6.07 Å². The molecule has 7 nitrogen and oxygen atoms in total. The maximum atomic E-state index is 12.4. The summed E-state index contributed by atoms with van der Waals surface area (Å²) in [5.74, 6) is 0.388. The number of esters is 1. The summed E-state index contributed by atoms with van der Waals surface area (Å²) < 4.78 is 12.6. The summed E-state index contributed by atoms with van der Waals surface area (Å²) in [6, 6.07) is 9.27. The number of urea groups is 1. The van der Waals surface area contributed by atoms with E-state index in [1.54, 1.807) is 7.11 Å². The number of aromatic nitrogens is 1. The predicted octanol–water partition coefficient (Wildman–Crippen LogP) is 2.97. The van der Waals surface area contributed by atoms with Crippen LogP contribution in [0.15, 0.2) is 30.3 Å². The first-order chi connectivity index (χ1) is 13.0. The Balaban J connectivity index is 1.98. The summed E-state index contributed by atoms with van der Waals surface area (Å²) in [5.41, 5.74) is 3.21. The molecule has 0 unspecified atom stereocenters. The average molecular weight is 373 g/mol. The van der Waals surface area contributed by atoms with Crippen LogP contribution in [0, 0.1) is 13.8 Å². The molecule has 0 aliphatic heterocycles. The number of benzene rings is 1. The number of nitrogens with zero attached hydrogens (tertiary/aromatic N) is 1. The molecule has 1 heterocycles. The molecule has 2 N–H and O–H groups in total. The fourth-order valence-corrected chi connectivity index (χ4v) is 2.86. The minimum Gasteiger partial charge on any atom is -0.497 e. The Morgan fingerprint density at radius 2 is 1.93 bits per heavy atom. The van der Waals surface area contributed by atoms with Crippen molar-refractivity contribution in [3.63, 3.8) is 0 Å². The predicted molar refractivity (Wildman–Crippen MR) is 104 cm³/mol. The maximum absolute atomic E-state index is 12.4. The van der Waals surface area contributed by atoms with Crippen LogP contribution in [0.5, 0.6) is 5.75 Å². The summed E-state index contributed by atoms with van der Waals surface area (Å²) >= 11 is 0. The zero-order valence-corrected chi connectivity index (χ0v) is 16.3. The Bertz CT molecular complexity index is 799. The van der Waals surface area contributed by atoms with E-state index in [0.717, 1.165) is 22.8 Å². The van der Waals surface area contributed by atoms with Gasteiger partial charge in [0.05, 0.1) is 19.3 Å². The third-order valence-corrected chi connectivity index (χ3v) is 4.14. The van der Waals surface area contributed by atoms with Crippen molar-refractivity contribution in [1.82, 2.24) is 15.2 Å². The fourth-order valence-electron chi connectivity index (χ4n) is 2.86. The third-order valence-electron chi connectivity index (χ3n) is 4.14. The van der Waals surface area contributed by atoms with Crippen LogP contribution in [0.3, 0.4) is 0 Å². The van der Waals surface area contributed by atoms with Crippen molar-refractivity contribution in [3.8, 4) is 11.4 Å². The second kappa shape index (κ2) is 9.66. The molecule has 2 amide bonds. The van der Waals surface area contributed by atoms with E-state index < -0.39 is 0 Å². The van der Waals surface area contributed by atoms with Crippen LogP contribution in [0.25, 0.3) is 5.69 Å². The van der Waals surface area contributed by atoms with Crippen LogP contribution < -0.4 is 15.4 Å². The highest BCUT2D eigenvalue weighted by Gasteiger charge is 2.18. The molecule has 0 saturated heterocycles. The molecular weight excluding hydrogens is 346 g/mol. The van der Waals surface area contributed by atoms with Gasteiger partial charge in [-0.3, -0.25) is 0 Å². The van der Waals surface area contributed by atoms with E-state index in [2.05, 4.69) is 10.6 Å². The molecule has 0 atom stereocenters. The number of aryl methyl sites for hydroxylation is 1. The largest absolute Gasteiger partial charge is 0.497 e. The lowest BCUT2D eigenvalue weighted by Gasteiger charge is -2.11. The number of carbonyl (C=O) groups is 2. The van der Waals surface area contributed by atoms with Gasteiger partial charge in [0.2, 0.25) is 0 Å². The number of nitrogens with one attached hydrogen (secondary N) is 2. The van der Waals surface area contributed by atoms with Crippen LogP contribution in [-0.2, 0) is 4.74 Å². The lowest BCUT2D eigenvalue weighted by Crippen LogP contribution is -2.36. The highest BCUT2D eigenvalue weighted by Crippen LogP contribution is 2.24. The van der Waals surface area contributed by atoms with Crippen molar-refractivity contribution in [2.75, 3.05) is 26.8 Å². The molecule has 0 spiro atoms. The summed E-state index contributed by atoms with van der Waals surface area (Å²) in [4.78, 5) is 23.7. The van der Waals surface area contributed by atoms with Gasteiger partial charge in [0.15, 0.2) is 0 Å². The van der Waals surface area contributed by atoms with E-state index in [1.165, 1.54) is 0 Å². The van der Waals surface area contributed by atoms with Gasteiger partial charge in [-0.2, -0.15) is 0 Å².